The molecule has 2 atom stereocenters. The van der Waals surface area contributed by atoms with Crippen LogP contribution in [0.4, 0.5) is 0 Å². The molecule has 0 heterocycles. The first kappa shape index (κ1) is 16.4. The van der Waals surface area contributed by atoms with E-state index in [2.05, 4.69) is 38.0 Å². The summed E-state index contributed by atoms with van der Waals surface area (Å²) in [5.74, 6) is -0.107. The minimum absolute atomic E-state index is 0.252. The number of carboxylic acids is 1. The smallest absolute Gasteiger partial charge is 0.323 e. The first-order valence-corrected chi connectivity index (χ1v) is 6.35. The van der Waals surface area contributed by atoms with Crippen molar-refractivity contribution in [3.63, 3.8) is 0 Å². The monoisotopic (exact) mass is 244 g/mol. The normalized spacial score (nSPS) is 17.2. The highest BCUT2D eigenvalue weighted by molar-refractivity contribution is 5.78. The second kappa shape index (κ2) is 6.97. The number of aliphatic carboxylic acids is 1. The van der Waals surface area contributed by atoms with Gasteiger partial charge in [0.05, 0.1) is 0 Å². The van der Waals surface area contributed by atoms with Crippen LogP contribution in [0, 0.1) is 5.92 Å². The van der Waals surface area contributed by atoms with Crippen LogP contribution in [-0.2, 0) is 4.79 Å². The van der Waals surface area contributed by atoms with Gasteiger partial charge in [0.25, 0.3) is 0 Å². The fourth-order valence-electron chi connectivity index (χ4n) is 1.73. The second-order valence-corrected chi connectivity index (χ2v) is 5.60. The van der Waals surface area contributed by atoms with Gasteiger partial charge in [-0.2, -0.15) is 0 Å². The molecule has 0 aromatic carbocycles. The number of likely N-dealkylation sites (N-methyl/N-ethyl adjacent to an activating group) is 1. The molecule has 0 aliphatic carbocycles. The predicted molar refractivity (Wildman–Crippen MR) is 71.3 cm³/mol. The molecule has 0 spiro atoms. The molecule has 0 amide bonds. The van der Waals surface area contributed by atoms with Crippen LogP contribution in [0.1, 0.15) is 40.5 Å². The third kappa shape index (κ3) is 5.50. The summed E-state index contributed by atoms with van der Waals surface area (Å²) in [6, 6.07) is 0.252. The van der Waals surface area contributed by atoms with Crippen LogP contribution in [0.25, 0.3) is 0 Å². The van der Waals surface area contributed by atoms with E-state index in [1.165, 1.54) is 0 Å². The maximum Gasteiger partial charge on any atom is 0.323 e. The number of nitrogens with one attached hydrogen (secondary N) is 1. The van der Waals surface area contributed by atoms with Gasteiger partial charge < -0.3 is 15.3 Å². The van der Waals surface area contributed by atoms with Crippen molar-refractivity contribution in [2.45, 2.75) is 52.1 Å². The number of carbonyl (C=O) groups is 1. The largest absolute Gasteiger partial charge is 0.480 e. The minimum Gasteiger partial charge on any atom is -0.480 e. The quantitative estimate of drug-likeness (QED) is 0.683. The molecule has 0 radical (unpaired) electrons. The molecular weight excluding hydrogens is 216 g/mol. The highest BCUT2D eigenvalue weighted by Gasteiger charge is 2.33. The van der Waals surface area contributed by atoms with Gasteiger partial charge in [-0.15, -0.1) is 0 Å². The Morgan fingerprint density at radius 2 is 1.94 bits per heavy atom. The van der Waals surface area contributed by atoms with E-state index in [1.54, 1.807) is 14.0 Å². The molecule has 0 saturated carbocycles. The molecule has 102 valence electrons. The lowest BCUT2D eigenvalue weighted by molar-refractivity contribution is -0.144. The van der Waals surface area contributed by atoms with E-state index in [1.807, 2.05) is 0 Å². The maximum atomic E-state index is 11.2. The van der Waals surface area contributed by atoms with Crippen LogP contribution in [0.3, 0.4) is 0 Å². The first-order chi connectivity index (χ1) is 7.73. The molecule has 4 heteroatoms. The maximum absolute atomic E-state index is 11.2. The number of hydrogen-bond acceptors (Lipinski definition) is 3. The van der Waals surface area contributed by atoms with Gasteiger partial charge in [0.15, 0.2) is 0 Å². The second-order valence-electron chi connectivity index (χ2n) is 5.60. The van der Waals surface area contributed by atoms with E-state index in [9.17, 15) is 9.90 Å². The molecule has 4 nitrogen and oxygen atoms in total. The number of hydrogen-bond donors (Lipinski definition) is 2. The Kier molecular flexibility index (Phi) is 6.72. The van der Waals surface area contributed by atoms with Gasteiger partial charge in [-0.25, -0.2) is 0 Å². The van der Waals surface area contributed by atoms with E-state index >= 15 is 0 Å². The lowest BCUT2D eigenvalue weighted by Crippen LogP contribution is -2.51. The Morgan fingerprint density at radius 3 is 2.29 bits per heavy atom. The van der Waals surface area contributed by atoms with Gasteiger partial charge in [0, 0.05) is 6.04 Å². The van der Waals surface area contributed by atoms with Crippen molar-refractivity contribution in [1.82, 2.24) is 10.2 Å². The summed E-state index contributed by atoms with van der Waals surface area (Å²) in [4.78, 5) is 13.4. The molecule has 0 aromatic rings. The number of rotatable bonds is 8. The van der Waals surface area contributed by atoms with Crippen molar-refractivity contribution >= 4 is 5.97 Å². The summed E-state index contributed by atoms with van der Waals surface area (Å²) in [5, 5.41) is 12.1. The topological polar surface area (TPSA) is 52.6 Å². The zero-order valence-corrected chi connectivity index (χ0v) is 12.1. The predicted octanol–water partition coefficient (Wildman–Crippen LogP) is 1.81. The summed E-state index contributed by atoms with van der Waals surface area (Å²) in [6.07, 6.45) is 1.75. The summed E-state index contributed by atoms with van der Waals surface area (Å²) in [7, 11) is 3.76. The fourth-order valence-corrected chi connectivity index (χ4v) is 1.73. The van der Waals surface area contributed by atoms with Crippen molar-refractivity contribution in [2.75, 3.05) is 20.6 Å². The van der Waals surface area contributed by atoms with Gasteiger partial charge in [-0.3, -0.25) is 4.79 Å². The summed E-state index contributed by atoms with van der Waals surface area (Å²) < 4.78 is 0. The summed E-state index contributed by atoms with van der Waals surface area (Å²) >= 11 is 0. The van der Waals surface area contributed by atoms with Crippen molar-refractivity contribution in [3.05, 3.63) is 0 Å². The summed E-state index contributed by atoms with van der Waals surface area (Å²) in [6.45, 7) is 9.24. The van der Waals surface area contributed by atoms with Crippen LogP contribution in [0.5, 0.6) is 0 Å². The van der Waals surface area contributed by atoms with Crippen molar-refractivity contribution < 1.29 is 9.90 Å². The Labute approximate surface area is 105 Å². The van der Waals surface area contributed by atoms with Crippen LogP contribution >= 0.6 is 0 Å². The Morgan fingerprint density at radius 1 is 1.41 bits per heavy atom. The molecule has 0 aliphatic rings. The van der Waals surface area contributed by atoms with E-state index in [0.717, 1.165) is 13.0 Å². The van der Waals surface area contributed by atoms with E-state index in [4.69, 9.17) is 0 Å². The molecule has 0 bridgehead atoms. The van der Waals surface area contributed by atoms with Gasteiger partial charge in [0.2, 0.25) is 0 Å². The fraction of sp³-hybridized carbons (Fsp3) is 0.923. The summed E-state index contributed by atoms with van der Waals surface area (Å²) in [5.41, 5.74) is -0.842. The molecule has 0 rings (SSSR count). The van der Waals surface area contributed by atoms with E-state index in [-0.39, 0.29) is 6.04 Å². The average Bonchev–Trinajstić information content (AvgIpc) is 2.24. The van der Waals surface area contributed by atoms with E-state index in [0.29, 0.717) is 12.3 Å². The molecule has 0 fully saturated rings. The first-order valence-electron chi connectivity index (χ1n) is 6.35. The lowest BCUT2D eigenvalue weighted by Gasteiger charge is -2.32. The standard InChI is InChI=1S/C13H28N2O2/c1-10(2)7-8-15(6)11(3)9-13(4,14-5)12(16)17/h10-11,14H,7-9H2,1-6H3,(H,16,17). The van der Waals surface area contributed by atoms with Crippen LogP contribution in [0.2, 0.25) is 0 Å². The Balaban J connectivity index is 4.31. The van der Waals surface area contributed by atoms with Crippen LogP contribution in [0.15, 0.2) is 0 Å². The minimum atomic E-state index is -0.842. The highest BCUT2D eigenvalue weighted by Crippen LogP contribution is 2.16. The van der Waals surface area contributed by atoms with Crippen molar-refractivity contribution in [3.8, 4) is 0 Å². The van der Waals surface area contributed by atoms with Crippen molar-refractivity contribution in [2.24, 2.45) is 5.92 Å². The van der Waals surface area contributed by atoms with Gasteiger partial charge in [-0.05, 0) is 53.2 Å². The zero-order chi connectivity index (χ0) is 13.6. The lowest BCUT2D eigenvalue weighted by atomic mass is 9.93. The SMILES string of the molecule is CNC(C)(CC(C)N(C)CCC(C)C)C(=O)O. The molecule has 0 saturated heterocycles. The molecule has 0 aliphatic heterocycles. The molecule has 0 aromatic heterocycles. The van der Waals surface area contributed by atoms with Gasteiger partial charge >= 0.3 is 5.97 Å². The number of carboxylic acid groups (broad SMARTS) is 1. The zero-order valence-electron chi connectivity index (χ0n) is 12.1. The van der Waals surface area contributed by atoms with Crippen molar-refractivity contribution in [1.29, 1.82) is 0 Å². The van der Waals surface area contributed by atoms with Gasteiger partial charge in [-0.1, -0.05) is 13.8 Å². The molecule has 2 N–H and O–H groups in total. The Hall–Kier alpha value is -0.610. The third-order valence-electron chi connectivity index (χ3n) is 3.54. The van der Waals surface area contributed by atoms with E-state index < -0.39 is 11.5 Å². The molecule has 17 heavy (non-hydrogen) atoms. The highest BCUT2D eigenvalue weighted by atomic mass is 16.4. The average molecular weight is 244 g/mol. The third-order valence-corrected chi connectivity index (χ3v) is 3.54. The van der Waals surface area contributed by atoms with Gasteiger partial charge in [0.1, 0.15) is 5.54 Å². The molecule has 2 unspecified atom stereocenters. The Bertz CT molecular complexity index is 244. The molecular formula is C13H28N2O2. The number of nitrogens with zero attached hydrogens (tertiary/aromatic N) is 1. The van der Waals surface area contributed by atoms with Crippen LogP contribution < -0.4 is 5.32 Å². The van der Waals surface area contributed by atoms with Crippen LogP contribution in [-0.4, -0.2) is 48.2 Å².